The zero-order valence-corrected chi connectivity index (χ0v) is 10.6. The molecule has 1 rings (SSSR count). The van der Waals surface area contributed by atoms with Gasteiger partial charge in [-0.25, -0.2) is 0 Å². The zero-order valence-electron chi connectivity index (χ0n) is 10.6. The summed E-state index contributed by atoms with van der Waals surface area (Å²) in [6, 6.07) is 2.37. The molecule has 1 heterocycles. The lowest BCUT2D eigenvalue weighted by molar-refractivity contribution is -0.141. The molecule has 0 fully saturated rings. The van der Waals surface area contributed by atoms with Crippen molar-refractivity contribution in [2.45, 2.75) is 25.9 Å². The lowest BCUT2D eigenvalue weighted by Gasteiger charge is -2.23. The van der Waals surface area contributed by atoms with Crippen LogP contribution in [0.15, 0.2) is 18.3 Å². The molecule has 0 aliphatic rings. The number of rotatable bonds is 6. The summed E-state index contributed by atoms with van der Waals surface area (Å²) in [6.45, 7) is 2.32. The molecule has 0 saturated carbocycles. The fourth-order valence-electron chi connectivity index (χ4n) is 1.61. The van der Waals surface area contributed by atoms with Crippen LogP contribution in [0.4, 0.5) is 18.9 Å². The maximum atomic E-state index is 12.6. The summed E-state index contributed by atoms with van der Waals surface area (Å²) in [5.41, 5.74) is 4.43. The molecular weight excluding hydrogens is 259 g/mol. The standard InChI is InChI=1S/C12H16F3N3O/c1-2-3-6-18(8-11(16)19)9-4-5-17-10(7-9)12(13,14)15/h4-5,7H,2-3,6,8H2,1H3,(H2,16,19). The van der Waals surface area contributed by atoms with Gasteiger partial charge in [0.1, 0.15) is 5.69 Å². The Balaban J connectivity index is 2.97. The summed E-state index contributed by atoms with van der Waals surface area (Å²) in [4.78, 5) is 15.8. The van der Waals surface area contributed by atoms with Gasteiger partial charge in [0.25, 0.3) is 0 Å². The Morgan fingerprint density at radius 3 is 2.68 bits per heavy atom. The maximum Gasteiger partial charge on any atom is 0.433 e. The van der Waals surface area contributed by atoms with E-state index in [2.05, 4.69) is 4.98 Å². The number of alkyl halides is 3. The molecule has 0 atom stereocenters. The highest BCUT2D eigenvalue weighted by atomic mass is 19.4. The fraction of sp³-hybridized carbons (Fsp3) is 0.500. The van der Waals surface area contributed by atoms with Crippen molar-refractivity contribution in [3.05, 3.63) is 24.0 Å². The second kappa shape index (κ2) is 6.40. The number of unbranched alkanes of at least 4 members (excludes halogenated alkanes) is 1. The van der Waals surface area contributed by atoms with Crippen molar-refractivity contribution >= 4 is 11.6 Å². The summed E-state index contributed by atoms with van der Waals surface area (Å²) >= 11 is 0. The zero-order chi connectivity index (χ0) is 14.5. The third kappa shape index (κ3) is 4.76. The van der Waals surface area contributed by atoms with Gasteiger partial charge < -0.3 is 10.6 Å². The molecule has 0 aliphatic carbocycles. The van der Waals surface area contributed by atoms with Gasteiger partial charge >= 0.3 is 6.18 Å². The topological polar surface area (TPSA) is 59.2 Å². The molecule has 4 nitrogen and oxygen atoms in total. The lowest BCUT2D eigenvalue weighted by Crippen LogP contribution is -2.34. The first kappa shape index (κ1) is 15.3. The molecule has 0 spiro atoms. The molecule has 7 heteroatoms. The van der Waals surface area contributed by atoms with Gasteiger partial charge in [-0.1, -0.05) is 13.3 Å². The van der Waals surface area contributed by atoms with Crippen LogP contribution in [0.2, 0.25) is 0 Å². The van der Waals surface area contributed by atoms with Crippen LogP contribution in [-0.2, 0) is 11.0 Å². The molecule has 0 bridgehead atoms. The second-order valence-corrected chi connectivity index (χ2v) is 4.14. The van der Waals surface area contributed by atoms with Gasteiger partial charge in [0, 0.05) is 18.4 Å². The number of aromatic nitrogens is 1. The first-order valence-electron chi connectivity index (χ1n) is 5.91. The van der Waals surface area contributed by atoms with Gasteiger partial charge in [-0.3, -0.25) is 9.78 Å². The quantitative estimate of drug-likeness (QED) is 0.865. The van der Waals surface area contributed by atoms with Gasteiger partial charge in [0.05, 0.1) is 6.54 Å². The summed E-state index contributed by atoms with van der Waals surface area (Å²) in [7, 11) is 0. The molecule has 1 aromatic heterocycles. The molecular formula is C12H16F3N3O. The molecule has 106 valence electrons. The highest BCUT2D eigenvalue weighted by Crippen LogP contribution is 2.29. The van der Waals surface area contributed by atoms with Crippen molar-refractivity contribution in [1.29, 1.82) is 0 Å². The van der Waals surface area contributed by atoms with E-state index >= 15 is 0 Å². The van der Waals surface area contributed by atoms with E-state index < -0.39 is 17.8 Å². The van der Waals surface area contributed by atoms with Crippen LogP contribution >= 0.6 is 0 Å². The van der Waals surface area contributed by atoms with Crippen molar-refractivity contribution in [3.63, 3.8) is 0 Å². The monoisotopic (exact) mass is 275 g/mol. The molecule has 19 heavy (non-hydrogen) atoms. The highest BCUT2D eigenvalue weighted by molar-refractivity contribution is 5.79. The number of hydrogen-bond acceptors (Lipinski definition) is 3. The van der Waals surface area contributed by atoms with Crippen LogP contribution in [0.3, 0.4) is 0 Å². The number of hydrogen-bond donors (Lipinski definition) is 1. The van der Waals surface area contributed by atoms with E-state index in [0.29, 0.717) is 12.2 Å². The van der Waals surface area contributed by atoms with Crippen molar-refractivity contribution in [1.82, 2.24) is 4.98 Å². The maximum absolute atomic E-state index is 12.6. The summed E-state index contributed by atoms with van der Waals surface area (Å²) in [5, 5.41) is 0. The van der Waals surface area contributed by atoms with Gasteiger partial charge in [-0.2, -0.15) is 13.2 Å². The Morgan fingerprint density at radius 2 is 2.16 bits per heavy atom. The van der Waals surface area contributed by atoms with Crippen LogP contribution in [0, 0.1) is 0 Å². The minimum atomic E-state index is -4.50. The van der Waals surface area contributed by atoms with Crippen molar-refractivity contribution < 1.29 is 18.0 Å². The van der Waals surface area contributed by atoms with Crippen LogP contribution < -0.4 is 10.6 Å². The third-order valence-electron chi connectivity index (χ3n) is 2.53. The predicted molar refractivity (Wildman–Crippen MR) is 65.6 cm³/mol. The van der Waals surface area contributed by atoms with Gasteiger partial charge in [-0.05, 0) is 18.6 Å². The van der Waals surface area contributed by atoms with Crippen LogP contribution in [0.5, 0.6) is 0 Å². The fourth-order valence-corrected chi connectivity index (χ4v) is 1.61. The number of pyridine rings is 1. The van der Waals surface area contributed by atoms with Crippen molar-refractivity contribution in [2.24, 2.45) is 5.73 Å². The first-order chi connectivity index (χ1) is 8.84. The normalized spacial score (nSPS) is 11.4. The number of nitrogens with two attached hydrogens (primary N) is 1. The molecule has 0 aromatic carbocycles. The number of amides is 1. The lowest BCUT2D eigenvalue weighted by atomic mass is 10.2. The second-order valence-electron chi connectivity index (χ2n) is 4.14. The Bertz CT molecular complexity index is 434. The molecule has 0 unspecified atom stereocenters. The van der Waals surface area contributed by atoms with Gasteiger partial charge in [-0.15, -0.1) is 0 Å². The van der Waals surface area contributed by atoms with E-state index in [4.69, 9.17) is 5.73 Å². The number of carbonyl (C=O) groups is 1. The molecule has 2 N–H and O–H groups in total. The first-order valence-corrected chi connectivity index (χ1v) is 5.91. The van der Waals surface area contributed by atoms with E-state index in [1.165, 1.54) is 11.0 Å². The van der Waals surface area contributed by atoms with Crippen molar-refractivity contribution in [3.8, 4) is 0 Å². The largest absolute Gasteiger partial charge is 0.433 e. The Morgan fingerprint density at radius 1 is 1.47 bits per heavy atom. The average molecular weight is 275 g/mol. The SMILES string of the molecule is CCCCN(CC(N)=O)c1ccnc(C(F)(F)F)c1. The number of anilines is 1. The molecule has 1 amide bonds. The number of nitrogens with zero attached hydrogens (tertiary/aromatic N) is 2. The average Bonchev–Trinajstić information content (AvgIpc) is 2.33. The Kier molecular flexibility index (Phi) is 5.14. The van der Waals surface area contributed by atoms with E-state index in [1.807, 2.05) is 6.92 Å². The van der Waals surface area contributed by atoms with Gasteiger partial charge in [0.15, 0.2) is 0 Å². The van der Waals surface area contributed by atoms with Gasteiger partial charge in [0.2, 0.25) is 5.91 Å². The van der Waals surface area contributed by atoms with Crippen molar-refractivity contribution in [2.75, 3.05) is 18.0 Å². The van der Waals surface area contributed by atoms with Crippen LogP contribution in [-0.4, -0.2) is 24.0 Å². The highest BCUT2D eigenvalue weighted by Gasteiger charge is 2.32. The minimum Gasteiger partial charge on any atom is -0.368 e. The summed E-state index contributed by atoms with van der Waals surface area (Å²) in [5.74, 6) is -0.582. The Hall–Kier alpha value is -1.79. The smallest absolute Gasteiger partial charge is 0.368 e. The number of primary amides is 1. The Labute approximate surface area is 109 Å². The van der Waals surface area contributed by atoms with E-state index in [0.717, 1.165) is 25.1 Å². The predicted octanol–water partition coefficient (Wildman–Crippen LogP) is 2.19. The minimum absolute atomic E-state index is 0.110. The van der Waals surface area contributed by atoms with Crippen LogP contribution in [0.1, 0.15) is 25.5 Å². The summed E-state index contributed by atoms with van der Waals surface area (Å²) in [6.07, 6.45) is -1.79. The molecule has 1 aromatic rings. The number of carbonyl (C=O) groups excluding carboxylic acids is 1. The van der Waals surface area contributed by atoms with Crippen LogP contribution in [0.25, 0.3) is 0 Å². The van der Waals surface area contributed by atoms with E-state index in [9.17, 15) is 18.0 Å². The third-order valence-corrected chi connectivity index (χ3v) is 2.53. The van der Waals surface area contributed by atoms with E-state index in [-0.39, 0.29) is 6.54 Å². The van der Waals surface area contributed by atoms with E-state index in [1.54, 1.807) is 0 Å². The molecule has 0 aliphatic heterocycles. The number of halogens is 3. The summed E-state index contributed by atoms with van der Waals surface area (Å²) < 4.78 is 37.7. The molecule has 0 saturated heterocycles. The molecule has 0 radical (unpaired) electrons.